The molecule has 0 bridgehead atoms. The van der Waals surface area contributed by atoms with Crippen LogP contribution in [0.5, 0.6) is 0 Å². The summed E-state index contributed by atoms with van der Waals surface area (Å²) in [7, 11) is -3.88. The first-order valence-corrected chi connectivity index (χ1v) is 12.5. The van der Waals surface area contributed by atoms with E-state index in [4.69, 9.17) is 4.42 Å². The summed E-state index contributed by atoms with van der Waals surface area (Å²) in [5, 5.41) is 1.86. The van der Waals surface area contributed by atoms with Gasteiger partial charge in [0.05, 0.1) is 16.9 Å². The number of benzene rings is 1. The third kappa shape index (κ3) is 5.57. The van der Waals surface area contributed by atoms with Crippen molar-refractivity contribution in [2.24, 2.45) is 0 Å². The summed E-state index contributed by atoms with van der Waals surface area (Å²) in [4.78, 5) is 32.4. The minimum Gasteiger partial charge on any atom is -0.459 e. The number of halogens is 1. The highest BCUT2D eigenvalue weighted by molar-refractivity contribution is 7.93. The van der Waals surface area contributed by atoms with E-state index in [0.717, 1.165) is 23.5 Å². The lowest BCUT2D eigenvalue weighted by Gasteiger charge is -2.34. The number of nitrogens with zero attached hydrogens (tertiary/aromatic N) is 3. The molecule has 1 saturated heterocycles. The van der Waals surface area contributed by atoms with Gasteiger partial charge in [0.15, 0.2) is 10.9 Å². The van der Waals surface area contributed by atoms with E-state index in [1.165, 1.54) is 18.4 Å². The highest BCUT2D eigenvalue weighted by Gasteiger charge is 2.26. The molecule has 0 atom stereocenters. The van der Waals surface area contributed by atoms with Crippen LogP contribution in [0.1, 0.15) is 22.7 Å². The molecule has 2 amide bonds. The van der Waals surface area contributed by atoms with Gasteiger partial charge in [-0.1, -0.05) is 0 Å². The number of hydrogen-bond donors (Lipinski definition) is 1. The standard InChI is InChI=1S/C21H21FN4O5S2/c22-15-3-6-17(7-4-15)33(29,30)24-21-23-16(14-32-21)5-8-19(27)25-9-11-26(12-10-25)20(28)18-2-1-13-31-18/h1-4,6-7,13-14H,5,8-12H2,(H,23,24). The first-order chi connectivity index (χ1) is 15.8. The van der Waals surface area contributed by atoms with E-state index in [2.05, 4.69) is 9.71 Å². The van der Waals surface area contributed by atoms with Crippen LogP contribution >= 0.6 is 11.3 Å². The van der Waals surface area contributed by atoms with Gasteiger partial charge in [-0.05, 0) is 42.8 Å². The van der Waals surface area contributed by atoms with Gasteiger partial charge < -0.3 is 14.2 Å². The number of furan rings is 1. The minimum absolute atomic E-state index is 0.0541. The monoisotopic (exact) mass is 492 g/mol. The number of carbonyl (C=O) groups is 2. The van der Waals surface area contributed by atoms with Crippen LogP contribution in [0, 0.1) is 5.82 Å². The zero-order chi connectivity index (χ0) is 23.4. The Morgan fingerprint density at radius 2 is 1.79 bits per heavy atom. The molecule has 1 aliphatic heterocycles. The van der Waals surface area contributed by atoms with Crippen molar-refractivity contribution in [1.29, 1.82) is 0 Å². The summed E-state index contributed by atoms with van der Waals surface area (Å²) in [6, 6.07) is 7.76. The number of carbonyl (C=O) groups excluding carboxylic acids is 2. The quantitative estimate of drug-likeness (QED) is 0.543. The second-order valence-corrected chi connectivity index (χ2v) is 9.89. The summed E-state index contributed by atoms with van der Waals surface area (Å²) in [5.41, 5.74) is 0.594. The number of rotatable bonds is 7. The molecule has 2 aromatic heterocycles. The Balaban J connectivity index is 1.26. The van der Waals surface area contributed by atoms with Crippen LogP contribution in [0.4, 0.5) is 9.52 Å². The Morgan fingerprint density at radius 3 is 2.45 bits per heavy atom. The van der Waals surface area contributed by atoms with E-state index < -0.39 is 15.8 Å². The Morgan fingerprint density at radius 1 is 1.09 bits per heavy atom. The lowest BCUT2D eigenvalue weighted by molar-refractivity contribution is -0.132. The van der Waals surface area contributed by atoms with Gasteiger partial charge in [-0.2, -0.15) is 0 Å². The molecule has 1 N–H and O–H groups in total. The maximum Gasteiger partial charge on any atom is 0.289 e. The topological polar surface area (TPSA) is 113 Å². The first-order valence-electron chi connectivity index (χ1n) is 10.2. The highest BCUT2D eigenvalue weighted by atomic mass is 32.2. The average Bonchev–Trinajstić information content (AvgIpc) is 3.49. The predicted molar refractivity (Wildman–Crippen MR) is 119 cm³/mol. The second-order valence-electron chi connectivity index (χ2n) is 7.35. The molecule has 3 aromatic rings. The number of aryl methyl sites for hydroxylation is 1. The number of hydrogen-bond acceptors (Lipinski definition) is 7. The smallest absolute Gasteiger partial charge is 0.289 e. The number of sulfonamides is 1. The van der Waals surface area contributed by atoms with Crippen molar-refractivity contribution in [3.05, 3.63) is 65.3 Å². The zero-order valence-electron chi connectivity index (χ0n) is 17.4. The fourth-order valence-electron chi connectivity index (χ4n) is 3.36. The van der Waals surface area contributed by atoms with Crippen LogP contribution in [-0.2, 0) is 21.2 Å². The number of nitrogens with one attached hydrogen (secondary N) is 1. The third-order valence-corrected chi connectivity index (χ3v) is 7.43. The lowest BCUT2D eigenvalue weighted by Crippen LogP contribution is -2.50. The molecule has 174 valence electrons. The highest BCUT2D eigenvalue weighted by Crippen LogP contribution is 2.21. The Labute approximate surface area is 193 Å². The average molecular weight is 493 g/mol. The maximum atomic E-state index is 13.0. The lowest BCUT2D eigenvalue weighted by atomic mass is 10.2. The fraction of sp³-hybridized carbons (Fsp3) is 0.286. The number of aromatic nitrogens is 1. The molecule has 9 nitrogen and oxygen atoms in total. The molecule has 0 saturated carbocycles. The summed E-state index contributed by atoms with van der Waals surface area (Å²) < 4.78 is 45.3. The maximum absolute atomic E-state index is 13.0. The van der Waals surface area contributed by atoms with E-state index in [9.17, 15) is 22.4 Å². The van der Waals surface area contributed by atoms with E-state index in [1.807, 2.05) is 0 Å². The van der Waals surface area contributed by atoms with E-state index in [0.29, 0.717) is 38.3 Å². The molecule has 4 rings (SSSR count). The predicted octanol–water partition coefficient (Wildman–Crippen LogP) is 2.59. The van der Waals surface area contributed by atoms with Gasteiger partial charge in [-0.25, -0.2) is 17.8 Å². The molecule has 1 aromatic carbocycles. The van der Waals surface area contributed by atoms with Crippen molar-refractivity contribution in [2.45, 2.75) is 17.7 Å². The van der Waals surface area contributed by atoms with Gasteiger partial charge in [-0.15, -0.1) is 11.3 Å². The van der Waals surface area contributed by atoms with E-state index in [-0.39, 0.29) is 34.0 Å². The molecular weight excluding hydrogens is 471 g/mol. The summed E-state index contributed by atoms with van der Waals surface area (Å²) in [6.07, 6.45) is 2.03. The normalized spacial score (nSPS) is 14.3. The van der Waals surface area contributed by atoms with Crippen LogP contribution in [-0.4, -0.2) is 61.2 Å². The number of piperazine rings is 1. The van der Waals surface area contributed by atoms with Crippen LogP contribution in [0.2, 0.25) is 0 Å². The summed E-state index contributed by atoms with van der Waals surface area (Å²) in [6.45, 7) is 1.73. The van der Waals surface area contributed by atoms with E-state index >= 15 is 0 Å². The van der Waals surface area contributed by atoms with E-state index in [1.54, 1.807) is 27.3 Å². The molecule has 1 fully saturated rings. The molecule has 0 aliphatic carbocycles. The molecule has 0 radical (unpaired) electrons. The van der Waals surface area contributed by atoms with Gasteiger partial charge in [-0.3, -0.25) is 14.3 Å². The summed E-state index contributed by atoms with van der Waals surface area (Å²) in [5.74, 6) is -0.489. The molecular formula is C21H21FN4O5S2. The second kappa shape index (κ2) is 9.71. The van der Waals surface area contributed by atoms with Gasteiger partial charge >= 0.3 is 0 Å². The number of amides is 2. The summed E-state index contributed by atoms with van der Waals surface area (Å²) >= 11 is 1.11. The Bertz CT molecular complexity index is 1220. The zero-order valence-corrected chi connectivity index (χ0v) is 19.1. The largest absolute Gasteiger partial charge is 0.459 e. The van der Waals surface area contributed by atoms with Gasteiger partial charge in [0, 0.05) is 38.0 Å². The molecule has 1 aliphatic rings. The van der Waals surface area contributed by atoms with Crippen LogP contribution in [0.3, 0.4) is 0 Å². The Hall–Kier alpha value is -3.25. The minimum atomic E-state index is -3.88. The number of thiazole rings is 1. The van der Waals surface area contributed by atoms with Gasteiger partial charge in [0.25, 0.3) is 15.9 Å². The van der Waals surface area contributed by atoms with Crippen LogP contribution in [0.25, 0.3) is 0 Å². The van der Waals surface area contributed by atoms with Crippen molar-refractivity contribution in [3.8, 4) is 0 Å². The van der Waals surface area contributed by atoms with Crippen molar-refractivity contribution in [1.82, 2.24) is 14.8 Å². The first kappa shape index (κ1) is 22.9. The van der Waals surface area contributed by atoms with Crippen molar-refractivity contribution >= 4 is 38.3 Å². The van der Waals surface area contributed by atoms with Gasteiger partial charge in [0.1, 0.15) is 5.82 Å². The van der Waals surface area contributed by atoms with Gasteiger partial charge in [0.2, 0.25) is 5.91 Å². The fourth-order valence-corrected chi connectivity index (χ4v) is 5.36. The molecule has 0 unspecified atom stereocenters. The third-order valence-electron chi connectivity index (χ3n) is 5.14. The molecule has 33 heavy (non-hydrogen) atoms. The molecule has 0 spiro atoms. The van der Waals surface area contributed by atoms with Crippen molar-refractivity contribution in [2.75, 3.05) is 30.9 Å². The van der Waals surface area contributed by atoms with Crippen molar-refractivity contribution in [3.63, 3.8) is 0 Å². The number of anilines is 1. The van der Waals surface area contributed by atoms with Crippen molar-refractivity contribution < 1.29 is 26.8 Å². The van der Waals surface area contributed by atoms with Crippen LogP contribution < -0.4 is 4.72 Å². The van der Waals surface area contributed by atoms with Crippen LogP contribution in [0.15, 0.2) is 57.4 Å². The SMILES string of the molecule is O=C(CCc1csc(NS(=O)(=O)c2ccc(F)cc2)n1)N1CCN(C(=O)c2ccco2)CC1. The Kier molecular flexibility index (Phi) is 6.75. The molecule has 12 heteroatoms. The molecule has 3 heterocycles.